The molecule has 0 aromatic rings. The fourth-order valence-corrected chi connectivity index (χ4v) is 2.14. The van der Waals surface area contributed by atoms with Crippen LogP contribution in [0, 0.1) is 0 Å². The molecule has 0 aliphatic heterocycles. The molecule has 0 saturated heterocycles. The molecular weight excluding hydrogens is 210 g/mol. The number of thioether (sulfide) groups is 1. The van der Waals surface area contributed by atoms with Crippen LogP contribution in [0.1, 0.15) is 33.6 Å². The van der Waals surface area contributed by atoms with Crippen molar-refractivity contribution in [3.05, 3.63) is 0 Å². The molecule has 4 heteroatoms. The van der Waals surface area contributed by atoms with E-state index < -0.39 is 0 Å². The normalized spacial score (nSPS) is 14.7. The number of rotatable bonds is 8. The lowest BCUT2D eigenvalue weighted by Crippen LogP contribution is -2.36. The number of ether oxygens (including phenoxy) is 1. The van der Waals surface area contributed by atoms with Gasteiger partial charge in [0, 0.05) is 5.25 Å². The van der Waals surface area contributed by atoms with Crippen LogP contribution in [-0.4, -0.2) is 36.7 Å². The van der Waals surface area contributed by atoms with E-state index in [1.165, 1.54) is 6.42 Å². The molecule has 3 nitrogen and oxygen atoms in total. The molecule has 15 heavy (non-hydrogen) atoms. The van der Waals surface area contributed by atoms with Gasteiger partial charge in [0.2, 0.25) is 0 Å². The van der Waals surface area contributed by atoms with E-state index in [1.54, 1.807) is 7.05 Å². The van der Waals surface area contributed by atoms with Crippen LogP contribution in [0.15, 0.2) is 0 Å². The first kappa shape index (κ1) is 14.8. The molecule has 0 aliphatic carbocycles. The second-order valence-corrected chi connectivity index (χ2v) is 5.02. The SMILES string of the molecule is CCOC(=O)C(CCSC(C)CC)NC. The molecule has 0 aromatic heterocycles. The summed E-state index contributed by atoms with van der Waals surface area (Å²) in [5, 5.41) is 3.66. The number of hydrogen-bond donors (Lipinski definition) is 1. The standard InChI is InChI=1S/C11H23NO2S/c1-5-9(3)15-8-7-10(12-4)11(13)14-6-2/h9-10,12H,5-8H2,1-4H3. The van der Waals surface area contributed by atoms with E-state index in [9.17, 15) is 4.79 Å². The van der Waals surface area contributed by atoms with Crippen LogP contribution < -0.4 is 5.32 Å². The van der Waals surface area contributed by atoms with Crippen LogP contribution in [0.2, 0.25) is 0 Å². The number of hydrogen-bond acceptors (Lipinski definition) is 4. The molecule has 0 aliphatic rings. The van der Waals surface area contributed by atoms with E-state index in [4.69, 9.17) is 4.74 Å². The zero-order chi connectivity index (χ0) is 11.7. The third-order valence-corrected chi connectivity index (χ3v) is 3.68. The topological polar surface area (TPSA) is 38.3 Å². The number of likely N-dealkylation sites (N-methyl/N-ethyl adjacent to an activating group) is 1. The van der Waals surface area contributed by atoms with Gasteiger partial charge in [-0.15, -0.1) is 0 Å². The van der Waals surface area contributed by atoms with Gasteiger partial charge in [-0.1, -0.05) is 13.8 Å². The zero-order valence-electron chi connectivity index (χ0n) is 10.2. The number of carbonyl (C=O) groups is 1. The average Bonchev–Trinajstić information content (AvgIpc) is 2.24. The Bertz CT molecular complexity index is 176. The van der Waals surface area contributed by atoms with Crippen LogP contribution >= 0.6 is 11.8 Å². The predicted molar refractivity (Wildman–Crippen MR) is 66.3 cm³/mol. The molecular formula is C11H23NO2S. The van der Waals surface area contributed by atoms with Crippen molar-refractivity contribution in [3.8, 4) is 0 Å². The fraction of sp³-hybridized carbons (Fsp3) is 0.909. The first-order valence-electron chi connectivity index (χ1n) is 5.61. The maximum absolute atomic E-state index is 11.4. The second kappa shape index (κ2) is 9.04. The van der Waals surface area contributed by atoms with Gasteiger partial charge in [-0.2, -0.15) is 11.8 Å². The van der Waals surface area contributed by atoms with Crippen LogP contribution in [0.25, 0.3) is 0 Å². The second-order valence-electron chi connectivity index (χ2n) is 3.47. The lowest BCUT2D eigenvalue weighted by atomic mass is 10.2. The van der Waals surface area contributed by atoms with Crippen LogP contribution in [0.4, 0.5) is 0 Å². The molecule has 0 fully saturated rings. The molecule has 0 aromatic carbocycles. The molecule has 1 N–H and O–H groups in total. The summed E-state index contributed by atoms with van der Waals surface area (Å²) in [6.07, 6.45) is 2.01. The molecule has 2 unspecified atom stereocenters. The molecule has 0 bridgehead atoms. The number of carbonyl (C=O) groups excluding carboxylic acids is 1. The molecule has 90 valence electrons. The van der Waals surface area contributed by atoms with Crippen molar-refractivity contribution in [2.24, 2.45) is 0 Å². The van der Waals surface area contributed by atoms with E-state index in [2.05, 4.69) is 19.2 Å². The van der Waals surface area contributed by atoms with Crippen LogP contribution in [0.3, 0.4) is 0 Å². The van der Waals surface area contributed by atoms with Gasteiger partial charge in [0.25, 0.3) is 0 Å². The Labute approximate surface area is 97.3 Å². The summed E-state index contributed by atoms with van der Waals surface area (Å²) in [7, 11) is 1.80. The summed E-state index contributed by atoms with van der Waals surface area (Å²) < 4.78 is 4.97. The number of esters is 1. The van der Waals surface area contributed by atoms with Crippen molar-refractivity contribution < 1.29 is 9.53 Å². The first-order chi connectivity index (χ1) is 7.15. The smallest absolute Gasteiger partial charge is 0.323 e. The third-order valence-electron chi connectivity index (χ3n) is 2.30. The van der Waals surface area contributed by atoms with E-state index in [1.807, 2.05) is 18.7 Å². The highest BCUT2D eigenvalue weighted by molar-refractivity contribution is 7.99. The Balaban J connectivity index is 3.74. The minimum Gasteiger partial charge on any atom is -0.465 e. The summed E-state index contributed by atoms with van der Waals surface area (Å²) >= 11 is 1.91. The van der Waals surface area contributed by atoms with E-state index in [0.717, 1.165) is 12.2 Å². The largest absolute Gasteiger partial charge is 0.465 e. The quantitative estimate of drug-likeness (QED) is 0.651. The van der Waals surface area contributed by atoms with Gasteiger partial charge < -0.3 is 10.1 Å². The zero-order valence-corrected chi connectivity index (χ0v) is 11.0. The van der Waals surface area contributed by atoms with Gasteiger partial charge in [-0.05, 0) is 32.6 Å². The Morgan fingerprint density at radius 2 is 2.13 bits per heavy atom. The van der Waals surface area contributed by atoms with Gasteiger partial charge in [-0.25, -0.2) is 0 Å². The minimum absolute atomic E-state index is 0.134. The Morgan fingerprint density at radius 3 is 2.60 bits per heavy atom. The Hall–Kier alpha value is -0.220. The minimum atomic E-state index is -0.151. The molecule has 0 radical (unpaired) electrons. The van der Waals surface area contributed by atoms with Crippen LogP contribution in [0.5, 0.6) is 0 Å². The maximum atomic E-state index is 11.4. The summed E-state index contributed by atoms with van der Waals surface area (Å²) in [6, 6.07) is -0.151. The summed E-state index contributed by atoms with van der Waals surface area (Å²) in [4.78, 5) is 11.4. The molecule has 0 amide bonds. The van der Waals surface area contributed by atoms with Crippen LogP contribution in [-0.2, 0) is 9.53 Å². The van der Waals surface area contributed by atoms with E-state index >= 15 is 0 Å². The van der Waals surface area contributed by atoms with Crippen molar-refractivity contribution >= 4 is 17.7 Å². The molecule has 2 atom stereocenters. The maximum Gasteiger partial charge on any atom is 0.323 e. The van der Waals surface area contributed by atoms with E-state index in [-0.39, 0.29) is 12.0 Å². The molecule has 0 heterocycles. The highest BCUT2D eigenvalue weighted by Crippen LogP contribution is 2.15. The van der Waals surface area contributed by atoms with Gasteiger partial charge >= 0.3 is 5.97 Å². The monoisotopic (exact) mass is 233 g/mol. The van der Waals surface area contributed by atoms with Gasteiger partial charge in [0.15, 0.2) is 0 Å². The predicted octanol–water partition coefficient (Wildman–Crippen LogP) is 2.06. The average molecular weight is 233 g/mol. The van der Waals surface area contributed by atoms with Crippen molar-refractivity contribution in [1.82, 2.24) is 5.32 Å². The molecule has 0 rings (SSSR count). The number of nitrogens with one attached hydrogen (secondary N) is 1. The van der Waals surface area contributed by atoms with Crippen molar-refractivity contribution in [1.29, 1.82) is 0 Å². The summed E-state index contributed by atoms with van der Waals surface area (Å²) in [5.74, 6) is 0.865. The lowest BCUT2D eigenvalue weighted by Gasteiger charge is -2.15. The van der Waals surface area contributed by atoms with Crippen molar-refractivity contribution in [2.45, 2.75) is 44.9 Å². The fourth-order valence-electron chi connectivity index (χ4n) is 1.13. The third kappa shape index (κ3) is 6.79. The van der Waals surface area contributed by atoms with E-state index in [0.29, 0.717) is 11.9 Å². The lowest BCUT2D eigenvalue weighted by molar-refractivity contribution is -0.145. The highest BCUT2D eigenvalue weighted by Gasteiger charge is 2.17. The summed E-state index contributed by atoms with van der Waals surface area (Å²) in [6.45, 7) is 6.68. The Kier molecular flexibility index (Phi) is 8.91. The van der Waals surface area contributed by atoms with Gasteiger partial charge in [-0.3, -0.25) is 4.79 Å². The van der Waals surface area contributed by atoms with Crippen molar-refractivity contribution in [3.63, 3.8) is 0 Å². The Morgan fingerprint density at radius 1 is 1.47 bits per heavy atom. The van der Waals surface area contributed by atoms with Gasteiger partial charge in [0.05, 0.1) is 6.61 Å². The highest BCUT2D eigenvalue weighted by atomic mass is 32.2. The van der Waals surface area contributed by atoms with Crippen molar-refractivity contribution in [2.75, 3.05) is 19.4 Å². The molecule has 0 saturated carbocycles. The first-order valence-corrected chi connectivity index (χ1v) is 6.66. The summed E-state index contributed by atoms with van der Waals surface area (Å²) in [5.41, 5.74) is 0. The molecule has 0 spiro atoms. The van der Waals surface area contributed by atoms with Gasteiger partial charge in [0.1, 0.15) is 6.04 Å².